The minimum Gasteiger partial charge on any atom is -0.494 e. The van der Waals surface area contributed by atoms with Gasteiger partial charge in [0.25, 0.3) is 11.8 Å². The molecular formula is C17H19NO4. The lowest BCUT2D eigenvalue weighted by Gasteiger charge is -2.13. The van der Waals surface area contributed by atoms with Gasteiger partial charge in [0, 0.05) is 24.3 Å². The highest BCUT2D eigenvalue weighted by Crippen LogP contribution is 2.12. The number of hydrogen-bond donors (Lipinski definition) is 0. The third kappa shape index (κ3) is 4.55. The van der Waals surface area contributed by atoms with Crippen LogP contribution in [0.15, 0.2) is 36.4 Å². The lowest BCUT2D eigenvalue weighted by atomic mass is 10.2. The molecular weight excluding hydrogens is 282 g/mol. The van der Waals surface area contributed by atoms with E-state index in [9.17, 15) is 14.4 Å². The summed E-state index contributed by atoms with van der Waals surface area (Å²) in [5.41, 5.74) is 0.632. The van der Waals surface area contributed by atoms with Gasteiger partial charge in [-0.15, -0.1) is 0 Å². The maximum absolute atomic E-state index is 11.3. The summed E-state index contributed by atoms with van der Waals surface area (Å²) >= 11 is 0. The third-order valence-electron chi connectivity index (χ3n) is 3.46. The number of amides is 2. The fraction of sp³-hybridized carbons (Fsp3) is 0.353. The van der Waals surface area contributed by atoms with Crippen LogP contribution in [0.3, 0.4) is 0 Å². The summed E-state index contributed by atoms with van der Waals surface area (Å²) in [4.78, 5) is 34.5. The smallest absolute Gasteiger partial charge is 0.253 e. The molecule has 0 atom stereocenters. The van der Waals surface area contributed by atoms with Gasteiger partial charge in [-0.2, -0.15) is 0 Å². The Labute approximate surface area is 129 Å². The van der Waals surface area contributed by atoms with Crippen molar-refractivity contribution >= 4 is 18.1 Å². The zero-order valence-corrected chi connectivity index (χ0v) is 12.4. The zero-order valence-electron chi connectivity index (χ0n) is 12.4. The van der Waals surface area contributed by atoms with Gasteiger partial charge in [0.15, 0.2) is 0 Å². The molecule has 0 spiro atoms. The van der Waals surface area contributed by atoms with Crippen LogP contribution in [0.25, 0.3) is 0 Å². The SMILES string of the molecule is O=Cc1ccc(OCCCCCCN2C(=O)C=CC2=O)cc1. The summed E-state index contributed by atoms with van der Waals surface area (Å²) in [5, 5.41) is 0. The van der Waals surface area contributed by atoms with E-state index in [0.29, 0.717) is 18.7 Å². The molecule has 0 radical (unpaired) electrons. The minimum atomic E-state index is -0.216. The van der Waals surface area contributed by atoms with Gasteiger partial charge in [0.2, 0.25) is 0 Å². The number of benzene rings is 1. The molecule has 0 unspecified atom stereocenters. The first-order valence-electron chi connectivity index (χ1n) is 7.42. The molecule has 0 bridgehead atoms. The van der Waals surface area contributed by atoms with E-state index in [4.69, 9.17) is 4.74 Å². The van der Waals surface area contributed by atoms with Crippen molar-refractivity contribution in [3.05, 3.63) is 42.0 Å². The molecule has 0 aliphatic carbocycles. The molecule has 1 heterocycles. The lowest BCUT2D eigenvalue weighted by molar-refractivity contribution is -0.136. The van der Waals surface area contributed by atoms with Gasteiger partial charge in [0.05, 0.1) is 6.61 Å². The van der Waals surface area contributed by atoms with E-state index in [1.807, 2.05) is 0 Å². The number of nitrogens with zero attached hydrogens (tertiary/aromatic N) is 1. The fourth-order valence-electron chi connectivity index (χ4n) is 2.21. The average Bonchev–Trinajstić information content (AvgIpc) is 2.86. The van der Waals surface area contributed by atoms with Crippen molar-refractivity contribution in [2.24, 2.45) is 0 Å². The maximum Gasteiger partial charge on any atom is 0.253 e. The molecule has 1 aromatic rings. The fourth-order valence-corrected chi connectivity index (χ4v) is 2.21. The summed E-state index contributed by atoms with van der Waals surface area (Å²) in [6.07, 6.45) is 7.08. The van der Waals surface area contributed by atoms with E-state index in [1.54, 1.807) is 24.3 Å². The Hall–Kier alpha value is -2.43. The molecule has 0 aromatic heterocycles. The van der Waals surface area contributed by atoms with Crippen LogP contribution in [-0.2, 0) is 9.59 Å². The first-order valence-corrected chi connectivity index (χ1v) is 7.42. The van der Waals surface area contributed by atoms with Gasteiger partial charge in [-0.1, -0.05) is 12.8 Å². The number of ether oxygens (including phenoxy) is 1. The Morgan fingerprint density at radius 3 is 2.18 bits per heavy atom. The lowest BCUT2D eigenvalue weighted by Crippen LogP contribution is -2.30. The number of hydrogen-bond acceptors (Lipinski definition) is 4. The summed E-state index contributed by atoms with van der Waals surface area (Å²) in [5.74, 6) is 0.323. The number of carbonyl (C=O) groups is 3. The molecule has 22 heavy (non-hydrogen) atoms. The van der Waals surface area contributed by atoms with Crippen molar-refractivity contribution in [3.8, 4) is 5.75 Å². The normalized spacial score (nSPS) is 13.7. The summed E-state index contributed by atoms with van der Waals surface area (Å²) in [7, 11) is 0. The highest BCUT2D eigenvalue weighted by molar-refractivity contribution is 6.12. The molecule has 0 saturated heterocycles. The quantitative estimate of drug-likeness (QED) is 0.399. The summed E-state index contributed by atoms with van der Waals surface area (Å²) in [6, 6.07) is 7.00. The molecule has 1 aliphatic heterocycles. The molecule has 2 rings (SSSR count). The molecule has 5 heteroatoms. The van der Waals surface area contributed by atoms with Crippen molar-refractivity contribution < 1.29 is 19.1 Å². The molecule has 5 nitrogen and oxygen atoms in total. The van der Waals surface area contributed by atoms with Gasteiger partial charge in [-0.05, 0) is 37.1 Å². The molecule has 2 amide bonds. The first kappa shape index (κ1) is 15.9. The van der Waals surface area contributed by atoms with Crippen LogP contribution in [0.4, 0.5) is 0 Å². The van der Waals surface area contributed by atoms with Crippen LogP contribution >= 0.6 is 0 Å². The van der Waals surface area contributed by atoms with Crippen molar-refractivity contribution in [1.29, 1.82) is 0 Å². The van der Waals surface area contributed by atoms with E-state index in [0.717, 1.165) is 37.7 Å². The number of unbranched alkanes of at least 4 members (excludes halogenated alkanes) is 3. The predicted molar refractivity (Wildman–Crippen MR) is 81.7 cm³/mol. The van der Waals surface area contributed by atoms with Crippen LogP contribution in [0.5, 0.6) is 5.75 Å². The highest BCUT2D eigenvalue weighted by Gasteiger charge is 2.21. The monoisotopic (exact) mass is 301 g/mol. The first-order chi connectivity index (χ1) is 10.7. The molecule has 116 valence electrons. The van der Waals surface area contributed by atoms with Crippen LogP contribution in [-0.4, -0.2) is 36.2 Å². The topological polar surface area (TPSA) is 63.7 Å². The van der Waals surface area contributed by atoms with Gasteiger partial charge in [0.1, 0.15) is 12.0 Å². The Bertz CT molecular complexity index is 545. The summed E-state index contributed by atoms with van der Waals surface area (Å²) in [6.45, 7) is 1.10. The molecule has 0 saturated carbocycles. The highest BCUT2D eigenvalue weighted by atomic mass is 16.5. The van der Waals surface area contributed by atoms with Crippen molar-refractivity contribution in [2.75, 3.05) is 13.2 Å². The number of rotatable bonds is 9. The largest absolute Gasteiger partial charge is 0.494 e. The van der Waals surface area contributed by atoms with E-state index < -0.39 is 0 Å². The van der Waals surface area contributed by atoms with Crippen LogP contribution < -0.4 is 4.74 Å². The van der Waals surface area contributed by atoms with Gasteiger partial charge < -0.3 is 4.74 Å². The standard InChI is InChI=1S/C17H19NO4/c19-13-14-5-7-15(8-6-14)22-12-4-2-1-3-11-18-16(20)9-10-17(18)21/h5-10,13H,1-4,11-12H2. The Morgan fingerprint density at radius 2 is 1.55 bits per heavy atom. The third-order valence-corrected chi connectivity index (χ3v) is 3.46. The van der Waals surface area contributed by atoms with Gasteiger partial charge >= 0.3 is 0 Å². The van der Waals surface area contributed by atoms with Crippen molar-refractivity contribution in [3.63, 3.8) is 0 Å². The van der Waals surface area contributed by atoms with Gasteiger partial charge in [-0.3, -0.25) is 19.3 Å². The average molecular weight is 301 g/mol. The second-order valence-electron chi connectivity index (χ2n) is 5.11. The van der Waals surface area contributed by atoms with Crippen molar-refractivity contribution in [1.82, 2.24) is 4.90 Å². The van der Waals surface area contributed by atoms with Crippen molar-refractivity contribution in [2.45, 2.75) is 25.7 Å². The van der Waals surface area contributed by atoms with E-state index in [-0.39, 0.29) is 11.8 Å². The number of aldehydes is 1. The Morgan fingerprint density at radius 1 is 0.909 bits per heavy atom. The number of imide groups is 1. The molecule has 1 aliphatic rings. The minimum absolute atomic E-state index is 0.216. The van der Waals surface area contributed by atoms with Crippen LogP contribution in [0.1, 0.15) is 36.0 Å². The Kier molecular flexibility index (Phi) is 5.89. The van der Waals surface area contributed by atoms with Gasteiger partial charge in [-0.25, -0.2) is 0 Å². The maximum atomic E-state index is 11.3. The second-order valence-corrected chi connectivity index (χ2v) is 5.11. The summed E-state index contributed by atoms with van der Waals surface area (Å²) < 4.78 is 5.58. The second kappa shape index (κ2) is 8.12. The van der Waals surface area contributed by atoms with E-state index >= 15 is 0 Å². The molecule has 0 N–H and O–H groups in total. The van der Waals surface area contributed by atoms with Crippen LogP contribution in [0.2, 0.25) is 0 Å². The van der Waals surface area contributed by atoms with E-state index in [1.165, 1.54) is 17.1 Å². The number of carbonyl (C=O) groups excluding carboxylic acids is 3. The van der Waals surface area contributed by atoms with E-state index in [2.05, 4.69) is 0 Å². The molecule has 1 aromatic carbocycles. The predicted octanol–water partition coefficient (Wildman–Crippen LogP) is 2.36. The Balaban J connectivity index is 1.53. The van der Waals surface area contributed by atoms with Crippen LogP contribution in [0, 0.1) is 0 Å². The molecule has 0 fully saturated rings. The zero-order chi connectivity index (χ0) is 15.8.